The lowest BCUT2D eigenvalue weighted by Crippen LogP contribution is -2.42. The molecule has 2 N–H and O–H groups in total. The SMILES string of the molecule is Cc1ccn(CCO[Si](C)(C)C(C)(C)C)c(=O)c1CC(=O)NCc1cc(Cl)ccc1CNC(=O)OC(C)(C)C. The first kappa shape index (κ1) is 32.6. The van der Waals surface area contributed by atoms with E-state index in [0.29, 0.717) is 23.7 Å². The normalized spacial score (nSPS) is 12.3. The number of nitrogens with one attached hydrogen (secondary N) is 2. The lowest BCUT2D eigenvalue weighted by Gasteiger charge is -2.36. The predicted octanol–water partition coefficient (Wildman–Crippen LogP) is 5.72. The summed E-state index contributed by atoms with van der Waals surface area (Å²) in [5.41, 5.74) is 1.99. The lowest BCUT2D eigenvalue weighted by atomic mass is 10.1. The van der Waals surface area contributed by atoms with Gasteiger partial charge in [-0.1, -0.05) is 38.4 Å². The molecule has 0 saturated carbocycles. The Morgan fingerprint density at radius 3 is 2.26 bits per heavy atom. The van der Waals surface area contributed by atoms with Gasteiger partial charge in [-0.2, -0.15) is 0 Å². The number of hydrogen-bond donors (Lipinski definition) is 2. The van der Waals surface area contributed by atoms with Crippen LogP contribution in [0.15, 0.2) is 35.3 Å². The maximum atomic E-state index is 13.2. The van der Waals surface area contributed by atoms with Crippen molar-refractivity contribution < 1.29 is 18.8 Å². The van der Waals surface area contributed by atoms with Gasteiger partial charge >= 0.3 is 6.09 Å². The van der Waals surface area contributed by atoms with Crippen molar-refractivity contribution in [2.45, 2.75) is 98.3 Å². The van der Waals surface area contributed by atoms with Crippen molar-refractivity contribution in [3.63, 3.8) is 0 Å². The second-order valence-corrected chi connectivity index (χ2v) is 17.6. The molecule has 0 atom stereocenters. The Morgan fingerprint density at radius 2 is 1.64 bits per heavy atom. The molecule has 1 aromatic heterocycles. The van der Waals surface area contributed by atoms with Crippen LogP contribution in [0.1, 0.15) is 63.8 Å². The number of carbonyl (C=O) groups excluding carboxylic acids is 2. The second kappa shape index (κ2) is 13.2. The Balaban J connectivity index is 2.04. The van der Waals surface area contributed by atoms with E-state index in [9.17, 15) is 14.4 Å². The molecule has 2 aromatic rings. The zero-order chi connectivity index (χ0) is 29.6. The van der Waals surface area contributed by atoms with Crippen LogP contribution in [0.3, 0.4) is 0 Å². The first-order chi connectivity index (χ1) is 17.9. The van der Waals surface area contributed by atoms with Crippen LogP contribution in [0.25, 0.3) is 0 Å². The molecule has 8 nitrogen and oxygen atoms in total. The average molecular weight is 578 g/mol. The number of rotatable bonds is 10. The Labute approximate surface area is 238 Å². The summed E-state index contributed by atoms with van der Waals surface area (Å²) in [7, 11) is -1.92. The zero-order valence-electron chi connectivity index (χ0n) is 24.8. The molecular formula is C29H44ClN3O5Si. The quantitative estimate of drug-likeness (QED) is 0.352. The highest BCUT2D eigenvalue weighted by atomic mass is 35.5. The standard InChI is InChI=1S/C29H44ClN3O5Si/c1-20-12-13-33(14-15-37-39(8,9)29(5,6)7)26(35)24(20)17-25(34)31-19-22-16-23(30)11-10-21(22)18-32-27(36)38-28(2,3)4/h10-13,16H,14-15,17-19H2,1-9H3,(H,31,34)(H,32,36). The van der Waals surface area contributed by atoms with E-state index in [-0.39, 0.29) is 36.0 Å². The summed E-state index contributed by atoms with van der Waals surface area (Å²) in [4.78, 5) is 38.1. The lowest BCUT2D eigenvalue weighted by molar-refractivity contribution is -0.120. The number of halogens is 1. The summed E-state index contributed by atoms with van der Waals surface area (Å²) < 4.78 is 13.1. The van der Waals surface area contributed by atoms with Crippen LogP contribution in [-0.4, -0.2) is 37.1 Å². The third kappa shape index (κ3) is 10.1. The summed E-state index contributed by atoms with van der Waals surface area (Å²) >= 11 is 6.19. The summed E-state index contributed by atoms with van der Waals surface area (Å²) in [5, 5.41) is 6.22. The Hall–Kier alpha value is -2.62. The van der Waals surface area contributed by atoms with Crippen molar-refractivity contribution in [1.29, 1.82) is 0 Å². The molecule has 2 rings (SSSR count). The van der Waals surface area contributed by atoms with Crippen LogP contribution in [0.2, 0.25) is 23.2 Å². The van der Waals surface area contributed by atoms with Gasteiger partial charge in [0.05, 0.1) is 13.0 Å². The van der Waals surface area contributed by atoms with Crippen molar-refractivity contribution in [1.82, 2.24) is 15.2 Å². The number of pyridine rings is 1. The maximum absolute atomic E-state index is 13.2. The van der Waals surface area contributed by atoms with E-state index in [0.717, 1.165) is 16.7 Å². The Kier molecular flexibility index (Phi) is 11.0. The molecule has 0 fully saturated rings. The summed E-state index contributed by atoms with van der Waals surface area (Å²) in [6.45, 7) is 19.4. The minimum absolute atomic E-state index is 0.0410. The molecule has 0 saturated heterocycles. The van der Waals surface area contributed by atoms with Gasteiger partial charge < -0.3 is 24.4 Å². The fourth-order valence-corrected chi connectivity index (χ4v) is 4.78. The second-order valence-electron chi connectivity index (χ2n) is 12.3. The molecule has 0 aliphatic carbocycles. The third-order valence-electron chi connectivity index (χ3n) is 6.90. The van der Waals surface area contributed by atoms with Crippen LogP contribution < -0.4 is 16.2 Å². The fraction of sp³-hybridized carbons (Fsp3) is 0.552. The van der Waals surface area contributed by atoms with Gasteiger partial charge in [0.1, 0.15) is 5.60 Å². The number of aryl methyl sites for hydroxylation is 1. The van der Waals surface area contributed by atoms with Gasteiger partial charge in [0.2, 0.25) is 5.91 Å². The fourth-order valence-electron chi connectivity index (χ4n) is 3.55. The molecule has 10 heteroatoms. The highest BCUT2D eigenvalue weighted by Gasteiger charge is 2.36. The predicted molar refractivity (Wildman–Crippen MR) is 159 cm³/mol. The molecule has 39 heavy (non-hydrogen) atoms. The molecule has 0 unspecified atom stereocenters. The van der Waals surface area contributed by atoms with Crippen LogP contribution in [0.4, 0.5) is 4.79 Å². The van der Waals surface area contributed by atoms with Crippen LogP contribution in [-0.2, 0) is 40.0 Å². The number of alkyl carbamates (subject to hydrolysis) is 1. The first-order valence-electron chi connectivity index (χ1n) is 13.2. The summed E-state index contributed by atoms with van der Waals surface area (Å²) in [6, 6.07) is 7.13. The van der Waals surface area contributed by atoms with Gasteiger partial charge in [-0.15, -0.1) is 0 Å². The molecule has 0 spiro atoms. The topological polar surface area (TPSA) is 98.7 Å². The molecular weight excluding hydrogens is 534 g/mol. The van der Waals surface area contributed by atoms with Crippen molar-refractivity contribution in [2.24, 2.45) is 0 Å². The largest absolute Gasteiger partial charge is 0.444 e. The number of amides is 2. The van der Waals surface area contributed by atoms with Crippen molar-refractivity contribution >= 4 is 31.9 Å². The zero-order valence-corrected chi connectivity index (χ0v) is 26.5. The third-order valence-corrected chi connectivity index (χ3v) is 11.7. The van der Waals surface area contributed by atoms with E-state index in [1.165, 1.54) is 0 Å². The first-order valence-corrected chi connectivity index (χ1v) is 16.5. The van der Waals surface area contributed by atoms with Crippen LogP contribution >= 0.6 is 11.6 Å². The summed E-state index contributed by atoms with van der Waals surface area (Å²) in [5.74, 6) is -0.281. The molecule has 0 aliphatic rings. The van der Waals surface area contributed by atoms with Crippen molar-refractivity contribution in [3.8, 4) is 0 Å². The highest BCUT2D eigenvalue weighted by molar-refractivity contribution is 6.74. The number of benzene rings is 1. The molecule has 0 bridgehead atoms. The smallest absolute Gasteiger partial charge is 0.407 e. The highest BCUT2D eigenvalue weighted by Crippen LogP contribution is 2.36. The van der Waals surface area contributed by atoms with Crippen molar-refractivity contribution in [2.75, 3.05) is 6.61 Å². The van der Waals surface area contributed by atoms with Gasteiger partial charge in [0.25, 0.3) is 5.56 Å². The number of ether oxygens (including phenoxy) is 1. The van der Waals surface area contributed by atoms with Gasteiger partial charge in [0, 0.05) is 36.4 Å². The summed E-state index contributed by atoms with van der Waals surface area (Å²) in [6.07, 6.45) is 1.18. The van der Waals surface area contributed by atoms with E-state index in [1.807, 2.05) is 13.0 Å². The number of aromatic nitrogens is 1. The van der Waals surface area contributed by atoms with Gasteiger partial charge in [-0.05, 0) is 80.7 Å². The minimum atomic E-state index is -1.92. The molecule has 2 amide bonds. The number of hydrogen-bond acceptors (Lipinski definition) is 5. The Bertz CT molecular complexity index is 1230. The van der Waals surface area contributed by atoms with E-state index in [1.54, 1.807) is 49.7 Å². The molecule has 0 radical (unpaired) electrons. The molecule has 216 valence electrons. The number of nitrogens with zero attached hydrogens (tertiary/aromatic N) is 1. The average Bonchev–Trinajstić information content (AvgIpc) is 2.79. The van der Waals surface area contributed by atoms with E-state index < -0.39 is 20.0 Å². The van der Waals surface area contributed by atoms with E-state index in [2.05, 4.69) is 44.5 Å². The number of carbonyl (C=O) groups is 2. The van der Waals surface area contributed by atoms with Gasteiger partial charge in [0.15, 0.2) is 8.32 Å². The minimum Gasteiger partial charge on any atom is -0.444 e. The van der Waals surface area contributed by atoms with E-state index in [4.69, 9.17) is 20.8 Å². The van der Waals surface area contributed by atoms with Crippen LogP contribution in [0, 0.1) is 6.92 Å². The molecule has 1 heterocycles. The van der Waals surface area contributed by atoms with Gasteiger partial charge in [-0.3, -0.25) is 9.59 Å². The molecule has 1 aromatic carbocycles. The van der Waals surface area contributed by atoms with Gasteiger partial charge in [-0.25, -0.2) is 4.79 Å². The monoisotopic (exact) mass is 577 g/mol. The molecule has 0 aliphatic heterocycles. The van der Waals surface area contributed by atoms with E-state index >= 15 is 0 Å². The van der Waals surface area contributed by atoms with Crippen molar-refractivity contribution in [3.05, 3.63) is 68.1 Å². The van der Waals surface area contributed by atoms with Crippen LogP contribution in [0.5, 0.6) is 0 Å². The maximum Gasteiger partial charge on any atom is 0.407 e. The Morgan fingerprint density at radius 1 is 1.00 bits per heavy atom.